The number of ether oxygens (including phenoxy) is 2. The summed E-state index contributed by atoms with van der Waals surface area (Å²) in [5, 5.41) is 0. The molecular weight excluding hydrogens is 382 g/mol. The largest absolute Gasteiger partial charge is 0.497 e. The summed E-state index contributed by atoms with van der Waals surface area (Å²) in [6, 6.07) is 12.0. The number of hydrogen-bond donors (Lipinski definition) is 1. The van der Waals surface area contributed by atoms with Crippen LogP contribution in [0.15, 0.2) is 48.8 Å². The van der Waals surface area contributed by atoms with Crippen molar-refractivity contribution in [2.24, 2.45) is 5.41 Å². The van der Waals surface area contributed by atoms with E-state index in [9.17, 15) is 4.79 Å². The van der Waals surface area contributed by atoms with Crippen LogP contribution in [-0.2, 0) is 21.5 Å². The van der Waals surface area contributed by atoms with Crippen molar-refractivity contribution in [1.29, 1.82) is 0 Å². The van der Waals surface area contributed by atoms with Crippen LogP contribution in [0.5, 0.6) is 5.75 Å². The third-order valence-corrected chi connectivity index (χ3v) is 5.93. The normalized spacial score (nSPS) is 25.8. The Morgan fingerprint density at radius 3 is 2.63 bits per heavy atom. The van der Waals surface area contributed by atoms with Crippen LogP contribution in [0.3, 0.4) is 0 Å². The first-order valence-electron chi connectivity index (χ1n) is 10.2. The third-order valence-electron chi connectivity index (χ3n) is 5.93. The van der Waals surface area contributed by atoms with Gasteiger partial charge in [-0.25, -0.2) is 4.79 Å². The van der Waals surface area contributed by atoms with Crippen LogP contribution in [0.1, 0.15) is 31.9 Å². The summed E-state index contributed by atoms with van der Waals surface area (Å²) >= 11 is 0. The lowest BCUT2D eigenvalue weighted by atomic mass is 9.67. The molecule has 0 bridgehead atoms. The molecule has 0 radical (unpaired) electrons. The Morgan fingerprint density at radius 2 is 2.00 bits per heavy atom. The predicted octanol–water partition coefficient (Wildman–Crippen LogP) is 3.30. The van der Waals surface area contributed by atoms with Crippen LogP contribution < -0.4 is 10.2 Å². The molecule has 2 atom stereocenters. The Kier molecular flexibility index (Phi) is 5.20. The zero-order valence-electron chi connectivity index (χ0n) is 18.0. The van der Waals surface area contributed by atoms with Crippen molar-refractivity contribution in [3.05, 3.63) is 59.9 Å². The second-order valence-corrected chi connectivity index (χ2v) is 9.18. The van der Waals surface area contributed by atoms with Crippen LogP contribution in [0.25, 0.3) is 0 Å². The molecule has 1 N–H and O–H groups in total. The van der Waals surface area contributed by atoms with Gasteiger partial charge < -0.3 is 19.2 Å². The lowest BCUT2D eigenvalue weighted by Gasteiger charge is -2.37. The van der Waals surface area contributed by atoms with Gasteiger partial charge in [0.2, 0.25) is 0 Å². The van der Waals surface area contributed by atoms with Gasteiger partial charge in [-0.1, -0.05) is 18.2 Å². The molecule has 4 rings (SSSR count). The van der Waals surface area contributed by atoms with Crippen LogP contribution in [0, 0.1) is 5.41 Å². The van der Waals surface area contributed by atoms with Crippen molar-refractivity contribution >= 4 is 6.09 Å². The van der Waals surface area contributed by atoms with Crippen molar-refractivity contribution in [2.75, 3.05) is 26.8 Å². The number of hydroxylamine groups is 1. The minimum Gasteiger partial charge on any atom is -0.497 e. The van der Waals surface area contributed by atoms with E-state index in [4.69, 9.17) is 14.3 Å². The number of carbonyl (C=O) groups excluding carboxylic acids is 1. The number of likely N-dealkylation sites (tertiary alicyclic amines) is 1. The Hall–Kier alpha value is -2.64. The zero-order chi connectivity index (χ0) is 21.4. The number of hydrogen-bond acceptors (Lipinski definition) is 6. The van der Waals surface area contributed by atoms with Crippen molar-refractivity contribution in [3.63, 3.8) is 0 Å². The lowest BCUT2D eigenvalue weighted by molar-refractivity contribution is 0.0136. The maximum Gasteiger partial charge on any atom is 0.410 e. The predicted molar refractivity (Wildman–Crippen MR) is 112 cm³/mol. The molecule has 160 valence electrons. The quantitative estimate of drug-likeness (QED) is 0.832. The van der Waals surface area contributed by atoms with Gasteiger partial charge in [0.05, 0.1) is 19.3 Å². The smallest absolute Gasteiger partial charge is 0.410 e. The van der Waals surface area contributed by atoms with E-state index in [0.29, 0.717) is 19.7 Å². The summed E-state index contributed by atoms with van der Waals surface area (Å²) in [7, 11) is 1.66. The highest BCUT2D eigenvalue weighted by atomic mass is 16.7. The topological polar surface area (TPSA) is 72.9 Å². The fourth-order valence-electron chi connectivity index (χ4n) is 4.54. The molecule has 0 aliphatic carbocycles. The molecule has 30 heavy (non-hydrogen) atoms. The Bertz CT molecular complexity index is 897. The number of methoxy groups -OCH3 is 1. The number of nitrogens with zero attached hydrogens (tertiary/aromatic N) is 2. The van der Waals surface area contributed by atoms with Gasteiger partial charge in [-0.15, -0.1) is 0 Å². The van der Waals surface area contributed by atoms with E-state index in [1.807, 2.05) is 51.2 Å². The van der Waals surface area contributed by atoms with E-state index in [-0.39, 0.29) is 11.5 Å². The molecule has 2 aliphatic rings. The molecule has 2 aliphatic heterocycles. The summed E-state index contributed by atoms with van der Waals surface area (Å²) in [4.78, 5) is 24.9. The van der Waals surface area contributed by atoms with E-state index in [0.717, 1.165) is 23.3 Å². The highest BCUT2D eigenvalue weighted by Gasteiger charge is 2.64. The maximum atomic E-state index is 12.9. The van der Waals surface area contributed by atoms with Gasteiger partial charge in [-0.2, -0.15) is 5.48 Å². The lowest BCUT2D eigenvalue weighted by Crippen LogP contribution is -2.50. The maximum absolute atomic E-state index is 12.9. The van der Waals surface area contributed by atoms with E-state index in [1.54, 1.807) is 18.2 Å². The van der Waals surface area contributed by atoms with Crippen LogP contribution in [0.4, 0.5) is 4.79 Å². The van der Waals surface area contributed by atoms with Crippen LogP contribution >= 0.6 is 0 Å². The minimum absolute atomic E-state index is 0.309. The standard InChI is InChI=1S/C23H29N3O4/c1-21(2,3)30-20(27)26-14-22(12-17-7-9-19(28-4)10-8-17)16-29-25-23(22,15-26)18-6-5-11-24-13-18/h5-11,13,25H,12,14-16H2,1-4H3. The van der Waals surface area contributed by atoms with Gasteiger partial charge in [-0.3, -0.25) is 4.98 Å². The van der Waals surface area contributed by atoms with Crippen LogP contribution in [0.2, 0.25) is 0 Å². The summed E-state index contributed by atoms with van der Waals surface area (Å²) in [6.45, 7) is 7.10. The molecule has 0 spiro atoms. The van der Waals surface area contributed by atoms with Crippen molar-refractivity contribution < 1.29 is 19.1 Å². The van der Waals surface area contributed by atoms with Crippen molar-refractivity contribution in [1.82, 2.24) is 15.4 Å². The molecule has 1 aromatic carbocycles. The van der Waals surface area contributed by atoms with Crippen LogP contribution in [-0.4, -0.2) is 48.4 Å². The number of benzene rings is 1. The van der Waals surface area contributed by atoms with Gasteiger partial charge in [-0.05, 0) is 56.5 Å². The van der Waals surface area contributed by atoms with Crippen molar-refractivity contribution in [3.8, 4) is 5.75 Å². The molecule has 0 saturated carbocycles. The minimum atomic E-state index is -0.571. The molecule has 1 aromatic heterocycles. The zero-order valence-corrected chi connectivity index (χ0v) is 18.0. The Labute approximate surface area is 177 Å². The first kappa shape index (κ1) is 20.6. The SMILES string of the molecule is COc1ccc(CC23CONC2(c2cccnc2)CN(C(=O)OC(C)(C)C)C3)cc1. The third kappa shape index (κ3) is 3.63. The Balaban J connectivity index is 1.71. The van der Waals surface area contributed by atoms with E-state index in [2.05, 4.69) is 22.6 Å². The second-order valence-electron chi connectivity index (χ2n) is 9.18. The molecular formula is C23H29N3O4. The van der Waals surface area contributed by atoms with Gasteiger partial charge >= 0.3 is 6.09 Å². The highest BCUT2D eigenvalue weighted by Crippen LogP contribution is 2.52. The highest BCUT2D eigenvalue weighted by molar-refractivity contribution is 5.69. The Morgan fingerprint density at radius 1 is 1.23 bits per heavy atom. The number of aromatic nitrogens is 1. The first-order chi connectivity index (χ1) is 14.3. The average molecular weight is 412 g/mol. The summed E-state index contributed by atoms with van der Waals surface area (Å²) < 4.78 is 11.0. The molecule has 7 nitrogen and oxygen atoms in total. The second kappa shape index (κ2) is 7.56. The number of fused-ring (bicyclic) bond motifs is 1. The fourth-order valence-corrected chi connectivity index (χ4v) is 4.54. The van der Waals surface area contributed by atoms with E-state index in [1.165, 1.54) is 0 Å². The number of rotatable bonds is 4. The van der Waals surface area contributed by atoms with Gasteiger partial charge in [0.25, 0.3) is 0 Å². The molecule has 7 heteroatoms. The van der Waals surface area contributed by atoms with Crippen molar-refractivity contribution in [2.45, 2.75) is 38.3 Å². The van der Waals surface area contributed by atoms with Gasteiger partial charge in [0, 0.05) is 30.9 Å². The molecule has 1 amide bonds. The average Bonchev–Trinajstić information content (AvgIpc) is 3.21. The number of pyridine rings is 1. The van der Waals surface area contributed by atoms with Gasteiger partial charge in [0.1, 0.15) is 11.4 Å². The summed E-state index contributed by atoms with van der Waals surface area (Å²) in [5.41, 5.74) is 3.94. The first-order valence-corrected chi connectivity index (χ1v) is 10.2. The van der Waals surface area contributed by atoms with E-state index < -0.39 is 11.1 Å². The molecule has 3 heterocycles. The molecule has 2 saturated heterocycles. The summed E-state index contributed by atoms with van der Waals surface area (Å²) in [5.74, 6) is 0.817. The monoisotopic (exact) mass is 411 g/mol. The summed E-state index contributed by atoms with van der Waals surface area (Å²) in [6.07, 6.45) is 4.03. The fraction of sp³-hybridized carbons (Fsp3) is 0.478. The molecule has 2 fully saturated rings. The van der Waals surface area contributed by atoms with E-state index >= 15 is 0 Å². The van der Waals surface area contributed by atoms with Gasteiger partial charge in [0.15, 0.2) is 0 Å². The molecule has 2 aromatic rings. The number of nitrogens with one attached hydrogen (secondary N) is 1. The number of amides is 1. The number of carbonyl (C=O) groups is 1. The molecule has 2 unspecified atom stereocenters.